The SMILES string of the molecule is CCC(NC(=O)c1cc(-c2ccccc2)nc2ccccc12)c1ccncc1. The lowest BCUT2D eigenvalue weighted by Crippen LogP contribution is -2.28. The first-order chi connectivity index (χ1) is 13.8. The molecular weight excluding hydrogens is 346 g/mol. The van der Waals surface area contributed by atoms with Crippen molar-refractivity contribution in [2.45, 2.75) is 19.4 Å². The first-order valence-electron chi connectivity index (χ1n) is 9.42. The fourth-order valence-corrected chi connectivity index (χ4v) is 3.37. The van der Waals surface area contributed by atoms with Crippen molar-refractivity contribution in [3.8, 4) is 11.3 Å². The van der Waals surface area contributed by atoms with Crippen molar-refractivity contribution in [2.24, 2.45) is 0 Å². The summed E-state index contributed by atoms with van der Waals surface area (Å²) in [6.07, 6.45) is 4.29. The molecule has 138 valence electrons. The van der Waals surface area contributed by atoms with Crippen LogP contribution in [-0.4, -0.2) is 15.9 Å². The molecule has 4 aromatic rings. The Morgan fingerprint density at radius 1 is 0.964 bits per heavy atom. The Hall–Kier alpha value is -3.53. The molecule has 2 aromatic heterocycles. The predicted octanol–water partition coefficient (Wildman–Crippen LogP) is 5.18. The monoisotopic (exact) mass is 367 g/mol. The lowest BCUT2D eigenvalue weighted by molar-refractivity contribution is 0.0937. The summed E-state index contributed by atoms with van der Waals surface area (Å²) >= 11 is 0. The van der Waals surface area contributed by atoms with Gasteiger partial charge >= 0.3 is 0 Å². The molecule has 4 rings (SSSR count). The van der Waals surface area contributed by atoms with Gasteiger partial charge in [0.05, 0.1) is 22.8 Å². The molecule has 0 aliphatic heterocycles. The minimum atomic E-state index is -0.0977. The van der Waals surface area contributed by atoms with E-state index in [0.29, 0.717) is 5.56 Å². The molecule has 2 aromatic carbocycles. The Kier molecular flexibility index (Phi) is 5.11. The molecule has 0 saturated carbocycles. The highest BCUT2D eigenvalue weighted by atomic mass is 16.1. The quantitative estimate of drug-likeness (QED) is 0.529. The second-order valence-electron chi connectivity index (χ2n) is 6.65. The molecule has 0 spiro atoms. The summed E-state index contributed by atoms with van der Waals surface area (Å²) in [5.74, 6) is -0.0977. The van der Waals surface area contributed by atoms with Crippen LogP contribution in [0.2, 0.25) is 0 Å². The summed E-state index contributed by atoms with van der Waals surface area (Å²) in [4.78, 5) is 22.1. The molecule has 0 saturated heterocycles. The van der Waals surface area contributed by atoms with Gasteiger partial charge in [-0.3, -0.25) is 9.78 Å². The number of pyridine rings is 2. The normalized spacial score (nSPS) is 11.9. The van der Waals surface area contributed by atoms with Gasteiger partial charge in [-0.1, -0.05) is 55.5 Å². The topological polar surface area (TPSA) is 54.9 Å². The van der Waals surface area contributed by atoms with Gasteiger partial charge in [0.15, 0.2) is 0 Å². The molecule has 0 bridgehead atoms. The number of rotatable bonds is 5. The largest absolute Gasteiger partial charge is 0.345 e. The fraction of sp³-hybridized carbons (Fsp3) is 0.125. The third kappa shape index (κ3) is 3.62. The van der Waals surface area contributed by atoms with Gasteiger partial charge < -0.3 is 5.32 Å². The second kappa shape index (κ2) is 8.01. The molecule has 0 aliphatic carbocycles. The van der Waals surface area contributed by atoms with E-state index in [1.54, 1.807) is 12.4 Å². The zero-order valence-corrected chi connectivity index (χ0v) is 15.7. The fourth-order valence-electron chi connectivity index (χ4n) is 3.37. The number of hydrogen-bond donors (Lipinski definition) is 1. The van der Waals surface area contributed by atoms with Crippen molar-refractivity contribution in [3.63, 3.8) is 0 Å². The minimum Gasteiger partial charge on any atom is -0.345 e. The maximum Gasteiger partial charge on any atom is 0.252 e. The van der Waals surface area contributed by atoms with Crippen LogP contribution < -0.4 is 5.32 Å². The van der Waals surface area contributed by atoms with E-state index in [9.17, 15) is 4.79 Å². The van der Waals surface area contributed by atoms with Gasteiger partial charge in [0, 0.05) is 23.3 Å². The summed E-state index contributed by atoms with van der Waals surface area (Å²) in [5, 5.41) is 4.03. The number of fused-ring (bicyclic) bond motifs is 1. The van der Waals surface area contributed by atoms with E-state index in [-0.39, 0.29) is 11.9 Å². The second-order valence-corrected chi connectivity index (χ2v) is 6.65. The molecule has 1 amide bonds. The maximum atomic E-state index is 13.2. The minimum absolute atomic E-state index is 0.0670. The Bertz CT molecular complexity index is 1090. The maximum absolute atomic E-state index is 13.2. The summed E-state index contributed by atoms with van der Waals surface area (Å²) in [6, 6.07) is 23.4. The molecule has 0 fully saturated rings. The summed E-state index contributed by atoms with van der Waals surface area (Å²) in [6.45, 7) is 2.06. The standard InChI is InChI=1S/C24H21N3O/c1-2-21(18-12-14-25-15-13-18)27-24(28)20-16-23(17-8-4-3-5-9-17)26-22-11-7-6-10-19(20)22/h3-16,21H,2H2,1H3,(H,27,28). The van der Waals surface area contributed by atoms with Gasteiger partial charge in [0.1, 0.15) is 0 Å². The van der Waals surface area contributed by atoms with Crippen molar-refractivity contribution in [1.29, 1.82) is 0 Å². The Balaban J connectivity index is 1.75. The molecule has 4 heteroatoms. The molecular formula is C24H21N3O. The van der Waals surface area contributed by atoms with Gasteiger partial charge in [0.2, 0.25) is 0 Å². The number of carbonyl (C=O) groups is 1. The first-order valence-corrected chi connectivity index (χ1v) is 9.42. The number of nitrogens with zero attached hydrogens (tertiary/aromatic N) is 2. The van der Waals surface area contributed by atoms with Crippen LogP contribution in [0.25, 0.3) is 22.2 Å². The number of amides is 1. The third-order valence-corrected chi connectivity index (χ3v) is 4.85. The van der Waals surface area contributed by atoms with Gasteiger partial charge in [-0.25, -0.2) is 4.98 Å². The van der Waals surface area contributed by atoms with Gasteiger partial charge in [0.25, 0.3) is 5.91 Å². The van der Waals surface area contributed by atoms with E-state index in [4.69, 9.17) is 4.98 Å². The number of carbonyl (C=O) groups excluding carboxylic acids is 1. The highest BCUT2D eigenvalue weighted by Gasteiger charge is 2.18. The number of para-hydroxylation sites is 1. The van der Waals surface area contributed by atoms with Crippen molar-refractivity contribution in [2.75, 3.05) is 0 Å². The molecule has 1 unspecified atom stereocenters. The molecule has 4 nitrogen and oxygen atoms in total. The van der Waals surface area contributed by atoms with E-state index in [1.165, 1.54) is 0 Å². The molecule has 1 N–H and O–H groups in total. The Morgan fingerprint density at radius 2 is 1.68 bits per heavy atom. The van der Waals surface area contributed by atoms with Crippen LogP contribution in [0, 0.1) is 0 Å². The number of aromatic nitrogens is 2. The van der Waals surface area contributed by atoms with E-state index >= 15 is 0 Å². The van der Waals surface area contributed by atoms with Crippen LogP contribution in [0.5, 0.6) is 0 Å². The van der Waals surface area contributed by atoms with Crippen LogP contribution in [0.4, 0.5) is 0 Å². The van der Waals surface area contributed by atoms with Crippen LogP contribution in [0.15, 0.2) is 85.2 Å². The molecule has 0 aliphatic rings. The third-order valence-electron chi connectivity index (χ3n) is 4.85. The molecule has 28 heavy (non-hydrogen) atoms. The number of nitrogens with one attached hydrogen (secondary N) is 1. The van der Waals surface area contributed by atoms with Crippen molar-refractivity contribution >= 4 is 16.8 Å². The lowest BCUT2D eigenvalue weighted by atomic mass is 10.0. The van der Waals surface area contributed by atoms with E-state index in [1.807, 2.05) is 72.8 Å². The highest BCUT2D eigenvalue weighted by molar-refractivity contribution is 6.07. The zero-order valence-electron chi connectivity index (χ0n) is 15.7. The lowest BCUT2D eigenvalue weighted by Gasteiger charge is -2.18. The van der Waals surface area contributed by atoms with Crippen molar-refractivity contribution in [3.05, 3.63) is 96.3 Å². The molecule has 0 radical (unpaired) electrons. The smallest absolute Gasteiger partial charge is 0.252 e. The van der Waals surface area contributed by atoms with Crippen LogP contribution >= 0.6 is 0 Å². The zero-order chi connectivity index (χ0) is 19.3. The van der Waals surface area contributed by atoms with Crippen LogP contribution in [-0.2, 0) is 0 Å². The molecule has 1 atom stereocenters. The van der Waals surface area contributed by atoms with Crippen molar-refractivity contribution in [1.82, 2.24) is 15.3 Å². The summed E-state index contributed by atoms with van der Waals surface area (Å²) in [5.41, 5.74) is 4.28. The van der Waals surface area contributed by atoms with E-state index in [2.05, 4.69) is 17.2 Å². The summed E-state index contributed by atoms with van der Waals surface area (Å²) < 4.78 is 0. The number of benzene rings is 2. The van der Waals surface area contributed by atoms with Gasteiger partial charge in [-0.05, 0) is 36.2 Å². The van der Waals surface area contributed by atoms with Gasteiger partial charge in [-0.15, -0.1) is 0 Å². The Labute approximate surface area is 164 Å². The number of hydrogen-bond acceptors (Lipinski definition) is 3. The highest BCUT2D eigenvalue weighted by Crippen LogP contribution is 2.26. The average Bonchev–Trinajstić information content (AvgIpc) is 2.77. The van der Waals surface area contributed by atoms with E-state index in [0.717, 1.165) is 34.1 Å². The van der Waals surface area contributed by atoms with Gasteiger partial charge in [-0.2, -0.15) is 0 Å². The summed E-state index contributed by atoms with van der Waals surface area (Å²) in [7, 11) is 0. The Morgan fingerprint density at radius 3 is 2.43 bits per heavy atom. The van der Waals surface area contributed by atoms with Crippen LogP contribution in [0.3, 0.4) is 0 Å². The van der Waals surface area contributed by atoms with Crippen LogP contribution in [0.1, 0.15) is 35.3 Å². The van der Waals surface area contributed by atoms with Crippen molar-refractivity contribution < 1.29 is 4.79 Å². The first kappa shape index (κ1) is 17.9. The van der Waals surface area contributed by atoms with E-state index < -0.39 is 0 Å². The average molecular weight is 367 g/mol. The molecule has 2 heterocycles. The predicted molar refractivity (Wildman–Crippen MR) is 112 cm³/mol.